The van der Waals surface area contributed by atoms with Crippen LogP contribution in [0.5, 0.6) is 0 Å². The van der Waals surface area contributed by atoms with E-state index in [9.17, 15) is 9.59 Å². The van der Waals surface area contributed by atoms with Gasteiger partial charge in [-0.1, -0.05) is 30.7 Å². The number of nitrogens with zero attached hydrogens (tertiary/aromatic N) is 4. The number of rotatable bonds is 6. The van der Waals surface area contributed by atoms with Crippen LogP contribution in [-0.4, -0.2) is 45.1 Å². The zero-order valence-corrected chi connectivity index (χ0v) is 19.2. The Balaban J connectivity index is 1.52. The molecule has 2 unspecified atom stereocenters. The second kappa shape index (κ2) is 8.94. The third-order valence-electron chi connectivity index (χ3n) is 6.96. The number of anilines is 1. The lowest BCUT2D eigenvalue weighted by Gasteiger charge is -2.19. The zero-order valence-electron chi connectivity index (χ0n) is 19.2. The normalized spacial score (nSPS) is 20.2. The highest BCUT2D eigenvalue weighted by molar-refractivity contribution is 5.82. The van der Waals surface area contributed by atoms with Crippen LogP contribution in [0.3, 0.4) is 0 Å². The summed E-state index contributed by atoms with van der Waals surface area (Å²) in [5, 5.41) is 5.78. The first-order chi connectivity index (χ1) is 16.0. The summed E-state index contributed by atoms with van der Waals surface area (Å²) in [6.07, 6.45) is 5.70. The van der Waals surface area contributed by atoms with Crippen LogP contribution in [0.2, 0.25) is 0 Å². The van der Waals surface area contributed by atoms with E-state index in [1.165, 1.54) is 26.2 Å². The molecule has 2 aliphatic rings. The lowest BCUT2D eigenvalue weighted by molar-refractivity contribution is -0.118. The van der Waals surface area contributed by atoms with E-state index in [0.29, 0.717) is 30.2 Å². The summed E-state index contributed by atoms with van der Waals surface area (Å²) in [7, 11) is 0. The van der Waals surface area contributed by atoms with Gasteiger partial charge < -0.3 is 5.32 Å². The quantitative estimate of drug-likeness (QED) is 0.605. The monoisotopic (exact) mass is 446 g/mol. The predicted octanol–water partition coefficient (Wildman–Crippen LogP) is 2.96. The molecule has 8 heteroatoms. The van der Waals surface area contributed by atoms with Gasteiger partial charge in [-0.2, -0.15) is 4.98 Å². The van der Waals surface area contributed by atoms with Crippen LogP contribution >= 0.6 is 0 Å². The highest BCUT2D eigenvalue weighted by Crippen LogP contribution is 2.37. The maximum absolute atomic E-state index is 13.6. The number of carbonyl (C=O) groups is 1. The third kappa shape index (κ3) is 4.35. The summed E-state index contributed by atoms with van der Waals surface area (Å²) in [6.45, 7) is 6.17. The van der Waals surface area contributed by atoms with Gasteiger partial charge in [0.15, 0.2) is 0 Å². The highest BCUT2D eigenvalue weighted by Gasteiger charge is 2.36. The molecule has 0 spiro atoms. The molecule has 5 rings (SSSR count). The second-order valence-electron chi connectivity index (χ2n) is 9.25. The Morgan fingerprint density at radius 3 is 2.64 bits per heavy atom. The summed E-state index contributed by atoms with van der Waals surface area (Å²) < 4.78 is 1.65. The molecule has 33 heavy (non-hydrogen) atoms. The van der Waals surface area contributed by atoms with Crippen molar-refractivity contribution >= 4 is 22.9 Å². The van der Waals surface area contributed by atoms with Gasteiger partial charge in [-0.15, -0.1) is 0 Å². The molecule has 3 aromatic rings. The Morgan fingerprint density at radius 1 is 1.15 bits per heavy atom. The van der Waals surface area contributed by atoms with E-state index in [-0.39, 0.29) is 11.5 Å². The number of aromatic nitrogens is 3. The highest BCUT2D eigenvalue weighted by atomic mass is 16.1. The number of pyridine rings is 1. The van der Waals surface area contributed by atoms with Crippen molar-refractivity contribution in [2.45, 2.75) is 39.7 Å². The Bertz CT molecular complexity index is 1240. The van der Waals surface area contributed by atoms with E-state index in [1.54, 1.807) is 10.8 Å². The van der Waals surface area contributed by atoms with Crippen molar-refractivity contribution in [2.24, 2.45) is 11.8 Å². The van der Waals surface area contributed by atoms with Crippen LogP contribution in [-0.2, 0) is 11.3 Å². The molecule has 1 saturated carbocycles. The van der Waals surface area contributed by atoms with Gasteiger partial charge in [0, 0.05) is 50.2 Å². The number of hydrogen-bond donors (Lipinski definition) is 2. The molecule has 2 fully saturated rings. The topological polar surface area (TPSA) is 92.1 Å². The van der Waals surface area contributed by atoms with Crippen LogP contribution in [0.15, 0.2) is 41.3 Å². The molecule has 1 aromatic carbocycles. The van der Waals surface area contributed by atoms with Crippen molar-refractivity contribution in [3.63, 3.8) is 0 Å². The number of fused-ring (bicyclic) bond motifs is 2. The van der Waals surface area contributed by atoms with Crippen LogP contribution in [0.25, 0.3) is 22.2 Å². The minimum atomic E-state index is -0.126. The molecule has 172 valence electrons. The maximum atomic E-state index is 13.6. The van der Waals surface area contributed by atoms with Gasteiger partial charge in [-0.05, 0) is 48.8 Å². The molecule has 1 aliphatic carbocycles. The number of aryl methyl sites for hydroxylation is 1. The Kier molecular flexibility index (Phi) is 5.85. The molecule has 8 nitrogen and oxygen atoms in total. The van der Waals surface area contributed by atoms with Crippen molar-refractivity contribution in [3.8, 4) is 11.1 Å². The summed E-state index contributed by atoms with van der Waals surface area (Å²) in [5.74, 6) is 1.88. The van der Waals surface area contributed by atoms with E-state index < -0.39 is 0 Å². The molecule has 2 atom stereocenters. The van der Waals surface area contributed by atoms with E-state index in [2.05, 4.69) is 20.7 Å². The Labute approximate surface area is 193 Å². The fraction of sp³-hybridized carbons (Fsp3) is 0.440. The van der Waals surface area contributed by atoms with Gasteiger partial charge >= 0.3 is 0 Å². The Morgan fingerprint density at radius 2 is 1.91 bits per heavy atom. The average molecular weight is 447 g/mol. The molecule has 3 heterocycles. The molecular formula is C25H30N6O2. The predicted molar refractivity (Wildman–Crippen MR) is 129 cm³/mol. The van der Waals surface area contributed by atoms with E-state index in [1.807, 2.05) is 37.3 Å². The van der Waals surface area contributed by atoms with Gasteiger partial charge in [0.05, 0.1) is 0 Å². The molecular weight excluding hydrogens is 416 g/mol. The van der Waals surface area contributed by atoms with E-state index >= 15 is 0 Å². The third-order valence-corrected chi connectivity index (χ3v) is 6.96. The van der Waals surface area contributed by atoms with Gasteiger partial charge in [0.25, 0.3) is 5.56 Å². The summed E-state index contributed by atoms with van der Waals surface area (Å²) in [5.41, 5.74) is 6.34. The first-order valence-corrected chi connectivity index (χ1v) is 11.7. The minimum absolute atomic E-state index is 0.123. The largest absolute Gasteiger partial charge is 0.355 e. The number of hydrazine groups is 1. The number of benzene rings is 1. The molecule has 1 saturated heterocycles. The van der Waals surface area contributed by atoms with Crippen molar-refractivity contribution in [2.75, 3.05) is 25.1 Å². The summed E-state index contributed by atoms with van der Waals surface area (Å²) in [6, 6.07) is 9.72. The minimum Gasteiger partial charge on any atom is -0.355 e. The van der Waals surface area contributed by atoms with Crippen LogP contribution < -0.4 is 16.3 Å². The number of hydrogen-bond acceptors (Lipinski definition) is 6. The smallest absolute Gasteiger partial charge is 0.260 e. The van der Waals surface area contributed by atoms with Gasteiger partial charge in [0.1, 0.15) is 5.65 Å². The second-order valence-corrected chi connectivity index (χ2v) is 9.25. The lowest BCUT2D eigenvalue weighted by atomic mass is 10.0. The number of amides is 1. The van der Waals surface area contributed by atoms with Gasteiger partial charge in [-0.3, -0.25) is 19.6 Å². The SMILES string of the molecule is CC(=O)NCCn1c(=O)c(-c2ccccc2C)cc2cnc(NN3CC4CCCC4C3)nc21. The first-order valence-electron chi connectivity index (χ1n) is 11.7. The molecule has 0 bridgehead atoms. The van der Waals surface area contributed by atoms with Crippen LogP contribution in [0.1, 0.15) is 31.7 Å². The molecule has 1 amide bonds. The Hall–Kier alpha value is -3.26. The molecule has 1 aliphatic heterocycles. The van der Waals surface area contributed by atoms with Gasteiger partial charge in [0.2, 0.25) is 11.9 Å². The van der Waals surface area contributed by atoms with Crippen molar-refractivity contribution in [1.29, 1.82) is 0 Å². The van der Waals surface area contributed by atoms with Gasteiger partial charge in [-0.25, -0.2) is 9.99 Å². The maximum Gasteiger partial charge on any atom is 0.260 e. The fourth-order valence-corrected chi connectivity index (χ4v) is 5.30. The molecule has 0 radical (unpaired) electrons. The fourth-order valence-electron chi connectivity index (χ4n) is 5.30. The average Bonchev–Trinajstić information content (AvgIpc) is 3.37. The van der Waals surface area contributed by atoms with E-state index in [4.69, 9.17) is 4.98 Å². The standard InChI is InChI=1S/C25H30N6O2/c1-16-6-3-4-9-21(16)22-12-20-13-27-25(29-30-14-18-7-5-8-19(18)15-30)28-23(20)31(24(22)33)11-10-26-17(2)32/h3-4,6,9,12-13,18-19H,5,7-8,10-11,14-15H2,1-2H3,(H,26,32)(H,27,28,29). The van der Waals surface area contributed by atoms with E-state index in [0.717, 1.165) is 41.4 Å². The first kappa shape index (κ1) is 21.6. The number of carbonyl (C=O) groups excluding carboxylic acids is 1. The van der Waals surface area contributed by atoms with Crippen molar-refractivity contribution in [1.82, 2.24) is 24.9 Å². The lowest BCUT2D eigenvalue weighted by Crippen LogP contribution is -2.32. The summed E-state index contributed by atoms with van der Waals surface area (Å²) in [4.78, 5) is 34.3. The molecule has 2 N–H and O–H groups in total. The van der Waals surface area contributed by atoms with Crippen molar-refractivity contribution in [3.05, 3.63) is 52.4 Å². The number of nitrogens with one attached hydrogen (secondary N) is 2. The van der Waals surface area contributed by atoms with Crippen LogP contribution in [0, 0.1) is 18.8 Å². The van der Waals surface area contributed by atoms with Crippen molar-refractivity contribution < 1.29 is 4.79 Å². The zero-order chi connectivity index (χ0) is 22.9. The molecule has 2 aromatic heterocycles. The summed E-state index contributed by atoms with van der Waals surface area (Å²) >= 11 is 0. The van der Waals surface area contributed by atoms with Crippen LogP contribution in [0.4, 0.5) is 5.95 Å².